The van der Waals surface area contributed by atoms with Gasteiger partial charge in [-0.3, -0.25) is 9.78 Å². The molecular formula is C18H18FN7O. The third-order valence-electron chi connectivity index (χ3n) is 5.27. The molecule has 1 aliphatic heterocycles. The lowest BCUT2D eigenvalue weighted by Gasteiger charge is -2.44. The Morgan fingerprint density at radius 3 is 2.78 bits per heavy atom. The number of likely N-dealkylation sites (N-methyl/N-ethyl adjacent to an activating group) is 1. The van der Waals surface area contributed by atoms with Gasteiger partial charge in [-0.05, 0) is 31.0 Å². The van der Waals surface area contributed by atoms with E-state index < -0.39 is 5.82 Å². The van der Waals surface area contributed by atoms with Gasteiger partial charge in [0.25, 0.3) is 5.91 Å². The van der Waals surface area contributed by atoms with Gasteiger partial charge >= 0.3 is 0 Å². The Bertz CT molecular complexity index is 1030. The number of anilines is 1. The molecule has 0 spiro atoms. The number of rotatable bonds is 4. The van der Waals surface area contributed by atoms with Crippen LogP contribution in [0.25, 0.3) is 5.65 Å². The van der Waals surface area contributed by atoms with Crippen molar-refractivity contribution in [1.29, 1.82) is 0 Å². The molecule has 2 fully saturated rings. The summed E-state index contributed by atoms with van der Waals surface area (Å²) in [6.45, 7) is 1.29. The van der Waals surface area contributed by atoms with E-state index in [-0.39, 0.29) is 17.5 Å². The van der Waals surface area contributed by atoms with E-state index in [1.807, 2.05) is 16.6 Å². The summed E-state index contributed by atoms with van der Waals surface area (Å²) in [4.78, 5) is 19.9. The van der Waals surface area contributed by atoms with E-state index in [1.165, 1.54) is 12.3 Å². The average Bonchev–Trinajstić information content (AvgIpc) is 3.39. The van der Waals surface area contributed by atoms with Gasteiger partial charge in [0.15, 0.2) is 17.3 Å². The molecule has 5 rings (SSSR count). The van der Waals surface area contributed by atoms with Crippen molar-refractivity contribution in [2.24, 2.45) is 0 Å². The van der Waals surface area contributed by atoms with Gasteiger partial charge in [0.2, 0.25) is 0 Å². The molecule has 0 unspecified atom stereocenters. The first-order chi connectivity index (χ1) is 13.1. The molecule has 4 heterocycles. The molecule has 0 radical (unpaired) electrons. The highest BCUT2D eigenvalue weighted by atomic mass is 19.1. The standard InChI is InChI=1S/C18H18FN7O/c1-24(18(27)13-6-7-20-8-14(13)19)12-9-25(10-12)16-5-4-15-21-22-17(11-2-3-11)26(15)23-16/h4-8,11-12H,2-3,9-10H2,1H3. The smallest absolute Gasteiger partial charge is 0.257 e. The zero-order chi connectivity index (χ0) is 18.5. The number of pyridine rings is 1. The van der Waals surface area contributed by atoms with Gasteiger partial charge in [0.05, 0.1) is 17.8 Å². The highest BCUT2D eigenvalue weighted by molar-refractivity contribution is 5.94. The van der Waals surface area contributed by atoms with Crippen LogP contribution in [0, 0.1) is 5.82 Å². The SMILES string of the molecule is CN(C(=O)c1ccncc1F)C1CN(c2ccc3nnc(C4CC4)n3n2)C1. The second-order valence-corrected chi connectivity index (χ2v) is 7.12. The summed E-state index contributed by atoms with van der Waals surface area (Å²) in [6, 6.07) is 5.24. The van der Waals surface area contributed by atoms with Crippen LogP contribution in [0.3, 0.4) is 0 Å². The number of fused-ring (bicyclic) bond motifs is 1. The minimum absolute atomic E-state index is 0.00590. The predicted molar refractivity (Wildman–Crippen MR) is 95.0 cm³/mol. The van der Waals surface area contributed by atoms with Crippen LogP contribution >= 0.6 is 0 Å². The van der Waals surface area contributed by atoms with E-state index in [4.69, 9.17) is 0 Å². The number of hydrogen-bond acceptors (Lipinski definition) is 6. The van der Waals surface area contributed by atoms with E-state index in [1.54, 1.807) is 11.9 Å². The number of halogens is 1. The summed E-state index contributed by atoms with van der Waals surface area (Å²) in [7, 11) is 1.70. The number of carbonyl (C=O) groups excluding carboxylic acids is 1. The van der Waals surface area contributed by atoms with Crippen LogP contribution in [0.4, 0.5) is 10.2 Å². The second kappa shape index (κ2) is 5.97. The molecule has 1 aliphatic carbocycles. The Kier molecular flexibility index (Phi) is 3.56. The van der Waals surface area contributed by atoms with Crippen molar-refractivity contribution in [2.45, 2.75) is 24.8 Å². The van der Waals surface area contributed by atoms with Crippen molar-refractivity contribution in [3.05, 3.63) is 47.8 Å². The molecule has 2 aliphatic rings. The zero-order valence-electron chi connectivity index (χ0n) is 14.8. The van der Waals surface area contributed by atoms with Gasteiger partial charge in [0.1, 0.15) is 5.82 Å². The summed E-state index contributed by atoms with van der Waals surface area (Å²) in [5.41, 5.74) is 0.794. The van der Waals surface area contributed by atoms with Gasteiger partial charge in [-0.2, -0.15) is 4.52 Å². The fourth-order valence-corrected chi connectivity index (χ4v) is 3.35. The van der Waals surface area contributed by atoms with Crippen molar-refractivity contribution >= 4 is 17.4 Å². The van der Waals surface area contributed by atoms with Gasteiger partial charge in [-0.1, -0.05) is 0 Å². The molecule has 0 atom stereocenters. The molecule has 1 amide bonds. The van der Waals surface area contributed by atoms with E-state index in [2.05, 4.69) is 25.2 Å². The summed E-state index contributed by atoms with van der Waals surface area (Å²) in [5, 5.41) is 13.1. The molecule has 0 N–H and O–H groups in total. The van der Waals surface area contributed by atoms with Gasteiger partial charge in [-0.25, -0.2) is 4.39 Å². The Hall–Kier alpha value is -3.10. The number of nitrogens with zero attached hydrogens (tertiary/aromatic N) is 7. The Labute approximate surface area is 154 Å². The predicted octanol–water partition coefficient (Wildman–Crippen LogP) is 1.50. The molecule has 1 saturated heterocycles. The van der Waals surface area contributed by atoms with Crippen LogP contribution in [0.5, 0.6) is 0 Å². The number of carbonyl (C=O) groups is 1. The quantitative estimate of drug-likeness (QED) is 0.695. The average molecular weight is 367 g/mol. The fraction of sp³-hybridized carbons (Fsp3) is 0.389. The molecule has 8 nitrogen and oxygen atoms in total. The lowest BCUT2D eigenvalue weighted by Crippen LogP contribution is -2.60. The van der Waals surface area contributed by atoms with Crippen LogP contribution in [-0.2, 0) is 0 Å². The number of amides is 1. The lowest BCUT2D eigenvalue weighted by atomic mass is 10.1. The van der Waals surface area contributed by atoms with E-state index in [9.17, 15) is 9.18 Å². The van der Waals surface area contributed by atoms with Crippen molar-refractivity contribution in [3.63, 3.8) is 0 Å². The Morgan fingerprint density at radius 2 is 2.04 bits per heavy atom. The topological polar surface area (TPSA) is 79.5 Å². The first kappa shape index (κ1) is 16.1. The maximum absolute atomic E-state index is 13.8. The van der Waals surface area contributed by atoms with Crippen molar-refractivity contribution in [2.75, 3.05) is 25.0 Å². The maximum Gasteiger partial charge on any atom is 0.257 e. The van der Waals surface area contributed by atoms with E-state index >= 15 is 0 Å². The second-order valence-electron chi connectivity index (χ2n) is 7.12. The van der Waals surface area contributed by atoms with Crippen LogP contribution in [0.15, 0.2) is 30.6 Å². The molecule has 0 bridgehead atoms. The van der Waals surface area contributed by atoms with Crippen LogP contribution in [-0.4, -0.2) is 61.8 Å². The fourth-order valence-electron chi connectivity index (χ4n) is 3.35. The molecule has 27 heavy (non-hydrogen) atoms. The van der Waals surface area contributed by atoms with Crippen LogP contribution in [0.1, 0.15) is 34.9 Å². The molecule has 1 saturated carbocycles. The Balaban J connectivity index is 1.30. The zero-order valence-corrected chi connectivity index (χ0v) is 14.8. The number of aromatic nitrogens is 5. The van der Waals surface area contributed by atoms with Crippen molar-refractivity contribution in [3.8, 4) is 0 Å². The highest BCUT2D eigenvalue weighted by Crippen LogP contribution is 2.38. The van der Waals surface area contributed by atoms with Crippen LogP contribution < -0.4 is 4.90 Å². The molecule has 0 aromatic carbocycles. The molecule has 138 valence electrons. The minimum Gasteiger partial charge on any atom is -0.351 e. The molecule has 9 heteroatoms. The minimum atomic E-state index is -0.599. The summed E-state index contributed by atoms with van der Waals surface area (Å²) in [5.74, 6) is 1.28. The highest BCUT2D eigenvalue weighted by Gasteiger charge is 2.35. The van der Waals surface area contributed by atoms with Crippen LogP contribution in [0.2, 0.25) is 0 Å². The van der Waals surface area contributed by atoms with Gasteiger partial charge in [0, 0.05) is 32.3 Å². The summed E-state index contributed by atoms with van der Waals surface area (Å²) >= 11 is 0. The van der Waals surface area contributed by atoms with Gasteiger partial charge < -0.3 is 9.80 Å². The largest absolute Gasteiger partial charge is 0.351 e. The van der Waals surface area contributed by atoms with Gasteiger partial charge in [-0.15, -0.1) is 15.3 Å². The van der Waals surface area contributed by atoms with E-state index in [0.717, 1.165) is 36.3 Å². The van der Waals surface area contributed by atoms with E-state index in [0.29, 0.717) is 19.0 Å². The monoisotopic (exact) mass is 367 g/mol. The summed E-state index contributed by atoms with van der Waals surface area (Å²) in [6.07, 6.45) is 4.75. The molecule has 3 aromatic rings. The third-order valence-corrected chi connectivity index (χ3v) is 5.27. The summed E-state index contributed by atoms with van der Waals surface area (Å²) < 4.78 is 15.6. The third kappa shape index (κ3) is 2.70. The molecular weight excluding hydrogens is 349 g/mol. The maximum atomic E-state index is 13.8. The van der Waals surface area contributed by atoms with Crippen molar-refractivity contribution < 1.29 is 9.18 Å². The first-order valence-electron chi connectivity index (χ1n) is 8.96. The first-order valence-corrected chi connectivity index (χ1v) is 8.96. The normalized spacial score (nSPS) is 17.2. The van der Waals surface area contributed by atoms with Crippen molar-refractivity contribution in [1.82, 2.24) is 29.7 Å². The lowest BCUT2D eigenvalue weighted by molar-refractivity contribution is 0.0700. The number of hydrogen-bond donors (Lipinski definition) is 0. The Morgan fingerprint density at radius 1 is 1.22 bits per heavy atom. The molecule has 3 aromatic heterocycles.